The van der Waals surface area contributed by atoms with Gasteiger partial charge in [-0.3, -0.25) is 9.48 Å². The maximum atomic E-state index is 11.6. The Hall–Kier alpha value is -1.43. The molecular formula is C11H21N5O. The summed E-state index contributed by atoms with van der Waals surface area (Å²) in [5.74, 6) is 1.05. The second-order valence-corrected chi connectivity index (χ2v) is 4.61. The van der Waals surface area contributed by atoms with Gasteiger partial charge in [0.05, 0.1) is 6.04 Å². The highest BCUT2D eigenvalue weighted by Gasteiger charge is 2.14. The number of nitrogens with zero attached hydrogens (tertiary/aromatic N) is 3. The van der Waals surface area contributed by atoms with Crippen molar-refractivity contribution in [3.63, 3.8) is 0 Å². The topological polar surface area (TPSA) is 85.8 Å². The summed E-state index contributed by atoms with van der Waals surface area (Å²) in [6.07, 6.45) is 2.97. The van der Waals surface area contributed by atoms with Crippen LogP contribution in [0.15, 0.2) is 6.33 Å². The number of carbonyl (C=O) groups excluding carboxylic acids is 1. The Kier molecular flexibility index (Phi) is 5.09. The van der Waals surface area contributed by atoms with Crippen LogP contribution < -0.4 is 11.1 Å². The van der Waals surface area contributed by atoms with Gasteiger partial charge in [-0.1, -0.05) is 13.8 Å². The number of nitrogens with one attached hydrogen (secondary N) is 1. The smallest absolute Gasteiger partial charge is 0.236 e. The number of aromatic nitrogens is 3. The molecule has 1 atom stereocenters. The van der Waals surface area contributed by atoms with Crippen LogP contribution in [0.25, 0.3) is 0 Å². The fraction of sp³-hybridized carbons (Fsp3) is 0.727. The lowest BCUT2D eigenvalue weighted by Gasteiger charge is -2.13. The van der Waals surface area contributed by atoms with Crippen molar-refractivity contribution in [3.05, 3.63) is 12.2 Å². The number of rotatable bonds is 6. The van der Waals surface area contributed by atoms with Gasteiger partial charge in [-0.2, -0.15) is 5.10 Å². The Bertz CT molecular complexity index is 360. The van der Waals surface area contributed by atoms with Crippen molar-refractivity contribution in [3.8, 4) is 0 Å². The van der Waals surface area contributed by atoms with E-state index in [-0.39, 0.29) is 5.91 Å². The fourth-order valence-corrected chi connectivity index (χ4v) is 1.54. The van der Waals surface area contributed by atoms with E-state index in [1.165, 1.54) is 0 Å². The van der Waals surface area contributed by atoms with Crippen molar-refractivity contribution in [2.75, 3.05) is 6.54 Å². The zero-order valence-electron chi connectivity index (χ0n) is 10.7. The molecule has 0 radical (unpaired) electrons. The molecule has 0 aliphatic carbocycles. The molecule has 0 saturated carbocycles. The molecule has 1 aromatic rings. The monoisotopic (exact) mass is 239 g/mol. The molecule has 3 N–H and O–H groups in total. The van der Waals surface area contributed by atoms with Gasteiger partial charge in [-0.25, -0.2) is 4.98 Å². The van der Waals surface area contributed by atoms with E-state index in [4.69, 9.17) is 5.73 Å². The van der Waals surface area contributed by atoms with Crippen molar-refractivity contribution < 1.29 is 4.79 Å². The van der Waals surface area contributed by atoms with Gasteiger partial charge in [-0.15, -0.1) is 0 Å². The molecule has 0 aliphatic heterocycles. The Morgan fingerprint density at radius 2 is 2.29 bits per heavy atom. The van der Waals surface area contributed by atoms with Crippen molar-refractivity contribution in [1.82, 2.24) is 20.1 Å². The molecular weight excluding hydrogens is 218 g/mol. The highest BCUT2D eigenvalue weighted by atomic mass is 16.2. The fourth-order valence-electron chi connectivity index (χ4n) is 1.54. The molecule has 6 nitrogen and oxygen atoms in total. The first-order chi connectivity index (χ1) is 7.99. The Morgan fingerprint density at radius 3 is 2.82 bits per heavy atom. The highest BCUT2D eigenvalue weighted by molar-refractivity contribution is 5.81. The predicted octanol–water partition coefficient (Wildman–Crippen LogP) is -0.153. The normalized spacial score (nSPS) is 12.8. The molecule has 1 amide bonds. The molecule has 0 bridgehead atoms. The minimum absolute atomic E-state index is 0.102. The maximum absolute atomic E-state index is 11.6. The summed E-state index contributed by atoms with van der Waals surface area (Å²) in [4.78, 5) is 15.7. The number of hydrogen-bond donors (Lipinski definition) is 2. The van der Waals surface area contributed by atoms with E-state index in [1.807, 2.05) is 20.9 Å². The average Bonchev–Trinajstić information content (AvgIpc) is 2.63. The van der Waals surface area contributed by atoms with Crippen LogP contribution in [-0.2, 0) is 18.3 Å². The number of nitrogens with two attached hydrogens (primary N) is 1. The summed E-state index contributed by atoms with van der Waals surface area (Å²) in [6.45, 7) is 4.62. The minimum Gasteiger partial charge on any atom is -0.354 e. The molecule has 1 heterocycles. The van der Waals surface area contributed by atoms with Gasteiger partial charge in [0.15, 0.2) is 5.82 Å². The van der Waals surface area contributed by atoms with Crippen LogP contribution in [0.4, 0.5) is 0 Å². The molecule has 96 valence electrons. The molecule has 0 unspecified atom stereocenters. The molecule has 0 aliphatic rings. The largest absolute Gasteiger partial charge is 0.354 e. The first kappa shape index (κ1) is 13.6. The second kappa shape index (κ2) is 6.34. The quantitative estimate of drug-likeness (QED) is 0.722. The van der Waals surface area contributed by atoms with E-state index in [0.717, 1.165) is 5.82 Å². The molecule has 0 saturated heterocycles. The molecule has 1 rings (SSSR count). The predicted molar refractivity (Wildman–Crippen MR) is 65.1 cm³/mol. The average molecular weight is 239 g/mol. The number of amides is 1. The Labute approximate surface area is 102 Å². The number of aryl methyl sites for hydroxylation is 1. The lowest BCUT2D eigenvalue weighted by molar-refractivity contribution is -0.122. The molecule has 6 heteroatoms. The lowest BCUT2D eigenvalue weighted by atomic mass is 10.0. The zero-order chi connectivity index (χ0) is 12.8. The molecule has 0 spiro atoms. The lowest BCUT2D eigenvalue weighted by Crippen LogP contribution is -2.42. The number of carbonyl (C=O) groups is 1. The van der Waals surface area contributed by atoms with E-state index < -0.39 is 6.04 Å². The zero-order valence-corrected chi connectivity index (χ0v) is 10.7. The molecule has 0 aromatic carbocycles. The van der Waals surface area contributed by atoms with Crippen LogP contribution in [0, 0.1) is 5.92 Å². The summed E-state index contributed by atoms with van der Waals surface area (Å²) < 4.78 is 1.64. The van der Waals surface area contributed by atoms with Crippen LogP contribution in [-0.4, -0.2) is 33.3 Å². The molecule has 1 aromatic heterocycles. The third-order valence-corrected chi connectivity index (χ3v) is 2.36. The van der Waals surface area contributed by atoms with E-state index in [0.29, 0.717) is 25.3 Å². The van der Waals surface area contributed by atoms with E-state index in [1.54, 1.807) is 11.0 Å². The van der Waals surface area contributed by atoms with Gasteiger partial charge < -0.3 is 11.1 Å². The highest BCUT2D eigenvalue weighted by Crippen LogP contribution is 2.02. The standard InChI is InChI=1S/C11H21N5O/c1-8(2)6-9(12)11(17)13-5-4-10-14-7-16(3)15-10/h7-9H,4-6,12H2,1-3H3,(H,13,17)/t9-/m1/s1. The van der Waals surface area contributed by atoms with Crippen LogP contribution in [0.3, 0.4) is 0 Å². The van der Waals surface area contributed by atoms with Crippen molar-refractivity contribution in [2.45, 2.75) is 32.7 Å². The molecule has 17 heavy (non-hydrogen) atoms. The van der Waals surface area contributed by atoms with Gasteiger partial charge in [0.2, 0.25) is 5.91 Å². The first-order valence-electron chi connectivity index (χ1n) is 5.87. The van der Waals surface area contributed by atoms with Crippen LogP contribution in [0.2, 0.25) is 0 Å². The van der Waals surface area contributed by atoms with Gasteiger partial charge in [0.1, 0.15) is 6.33 Å². The van der Waals surface area contributed by atoms with Crippen molar-refractivity contribution >= 4 is 5.91 Å². The molecule has 0 fully saturated rings. The van der Waals surface area contributed by atoms with Crippen molar-refractivity contribution in [1.29, 1.82) is 0 Å². The summed E-state index contributed by atoms with van der Waals surface area (Å²) >= 11 is 0. The van der Waals surface area contributed by atoms with Gasteiger partial charge >= 0.3 is 0 Å². The number of hydrogen-bond acceptors (Lipinski definition) is 4. The van der Waals surface area contributed by atoms with Crippen molar-refractivity contribution in [2.24, 2.45) is 18.7 Å². The van der Waals surface area contributed by atoms with E-state index in [2.05, 4.69) is 15.4 Å². The Morgan fingerprint density at radius 1 is 1.59 bits per heavy atom. The van der Waals surface area contributed by atoms with Gasteiger partial charge in [-0.05, 0) is 12.3 Å². The van der Waals surface area contributed by atoms with Crippen LogP contribution in [0.5, 0.6) is 0 Å². The second-order valence-electron chi connectivity index (χ2n) is 4.61. The minimum atomic E-state index is -0.424. The first-order valence-corrected chi connectivity index (χ1v) is 5.87. The van der Waals surface area contributed by atoms with Crippen LogP contribution in [0.1, 0.15) is 26.1 Å². The summed E-state index contributed by atoms with van der Waals surface area (Å²) in [5.41, 5.74) is 5.75. The summed E-state index contributed by atoms with van der Waals surface area (Å²) in [7, 11) is 1.81. The maximum Gasteiger partial charge on any atom is 0.236 e. The van der Waals surface area contributed by atoms with E-state index >= 15 is 0 Å². The summed E-state index contributed by atoms with van der Waals surface area (Å²) in [5, 5.41) is 6.92. The third-order valence-electron chi connectivity index (χ3n) is 2.36. The van der Waals surface area contributed by atoms with Crippen LogP contribution >= 0.6 is 0 Å². The SMILES string of the molecule is CC(C)C[C@@H](N)C(=O)NCCc1ncn(C)n1. The van der Waals surface area contributed by atoms with Gasteiger partial charge in [0, 0.05) is 20.0 Å². The Balaban J connectivity index is 2.24. The van der Waals surface area contributed by atoms with Gasteiger partial charge in [0.25, 0.3) is 0 Å². The van der Waals surface area contributed by atoms with E-state index in [9.17, 15) is 4.79 Å². The third kappa shape index (κ3) is 4.95. The summed E-state index contributed by atoms with van der Waals surface area (Å²) in [6, 6.07) is -0.424.